The van der Waals surface area contributed by atoms with Crippen molar-refractivity contribution < 1.29 is 22.8 Å². The second kappa shape index (κ2) is 8.73. The highest BCUT2D eigenvalue weighted by atomic mass is 35.5. The van der Waals surface area contributed by atoms with Gasteiger partial charge in [0.05, 0.1) is 26.8 Å². The van der Waals surface area contributed by atoms with Crippen LogP contribution in [0.2, 0.25) is 10.0 Å². The van der Waals surface area contributed by atoms with Crippen LogP contribution in [0.5, 0.6) is 0 Å². The van der Waals surface area contributed by atoms with Crippen molar-refractivity contribution in [1.29, 1.82) is 0 Å². The van der Waals surface area contributed by atoms with Crippen molar-refractivity contribution in [3.05, 3.63) is 57.8 Å². The first-order valence-electron chi connectivity index (χ1n) is 9.75. The molecule has 0 radical (unpaired) electrons. The molecule has 1 N–H and O–H groups in total. The number of likely N-dealkylation sites (tertiary alicyclic amines) is 1. The minimum Gasteiger partial charge on any atom is -0.320 e. The summed E-state index contributed by atoms with van der Waals surface area (Å²) in [6.45, 7) is 1.00. The number of carbonyl (C=O) groups is 2. The number of rotatable bonds is 5. The molecule has 3 aromatic rings. The molecule has 1 aliphatic rings. The molecule has 1 atom stereocenters. The fourth-order valence-electron chi connectivity index (χ4n) is 3.90. The second-order valence-electron chi connectivity index (χ2n) is 7.32. The topological polar surface area (TPSA) is 67.2 Å². The minimum atomic E-state index is -4.81. The van der Waals surface area contributed by atoms with E-state index in [1.54, 1.807) is 11.0 Å². The largest absolute Gasteiger partial charge is 0.449 e. The molecule has 1 unspecified atom stereocenters. The Bertz CT molecular complexity index is 1170. The van der Waals surface area contributed by atoms with E-state index in [-0.39, 0.29) is 32.3 Å². The molecular weight excluding hydrogens is 468 g/mol. The monoisotopic (exact) mass is 484 g/mol. The summed E-state index contributed by atoms with van der Waals surface area (Å²) in [6.07, 6.45) is -3.91. The lowest BCUT2D eigenvalue weighted by Crippen LogP contribution is -2.33. The van der Waals surface area contributed by atoms with Crippen molar-refractivity contribution >= 4 is 52.1 Å². The second-order valence-corrected chi connectivity index (χ2v) is 8.13. The lowest BCUT2D eigenvalue weighted by atomic mass is 10.2. The molecular formula is C21H17Cl2F3N4O2. The molecule has 0 saturated carbocycles. The summed E-state index contributed by atoms with van der Waals surface area (Å²) < 4.78 is 42.6. The molecule has 1 saturated heterocycles. The van der Waals surface area contributed by atoms with Crippen LogP contribution in [0.15, 0.2) is 36.4 Å². The van der Waals surface area contributed by atoms with E-state index in [1.165, 1.54) is 30.3 Å². The number of hydrogen-bond donors (Lipinski definition) is 1. The number of nitrogens with zero attached hydrogens (tertiary/aromatic N) is 3. The highest BCUT2D eigenvalue weighted by molar-refractivity contribution is 6.40. The van der Waals surface area contributed by atoms with Gasteiger partial charge in [0.2, 0.25) is 5.82 Å². The molecule has 1 aromatic heterocycles. The summed E-state index contributed by atoms with van der Waals surface area (Å²) in [6, 6.07) is 8.86. The molecule has 11 heteroatoms. The Morgan fingerprint density at radius 1 is 1.09 bits per heavy atom. The maximum atomic E-state index is 13.9. The molecule has 32 heavy (non-hydrogen) atoms. The van der Waals surface area contributed by atoms with Gasteiger partial charge in [0.1, 0.15) is 11.7 Å². The third-order valence-electron chi connectivity index (χ3n) is 5.31. The minimum absolute atomic E-state index is 0.00820. The van der Waals surface area contributed by atoms with Crippen LogP contribution < -0.4 is 5.32 Å². The van der Waals surface area contributed by atoms with Gasteiger partial charge < -0.3 is 5.32 Å². The summed E-state index contributed by atoms with van der Waals surface area (Å²) in [5.41, 5.74) is 0.0109. The Kier molecular flexibility index (Phi) is 6.15. The van der Waals surface area contributed by atoms with E-state index in [9.17, 15) is 22.8 Å². The lowest BCUT2D eigenvalue weighted by molar-refractivity contribution is -0.149. The van der Waals surface area contributed by atoms with Gasteiger partial charge in [0, 0.05) is 13.1 Å². The fourth-order valence-corrected chi connectivity index (χ4v) is 4.47. The van der Waals surface area contributed by atoms with Gasteiger partial charge in [-0.2, -0.15) is 13.2 Å². The van der Waals surface area contributed by atoms with Crippen molar-refractivity contribution in [2.75, 3.05) is 18.4 Å². The van der Waals surface area contributed by atoms with Crippen LogP contribution in [0.25, 0.3) is 11.0 Å². The third-order valence-corrected chi connectivity index (χ3v) is 5.94. The number of alkyl halides is 3. The Labute approximate surface area is 190 Å². The number of hydrogen-bond acceptors (Lipinski definition) is 4. The summed E-state index contributed by atoms with van der Waals surface area (Å²) in [5.74, 6) is -1.91. The van der Waals surface area contributed by atoms with Gasteiger partial charge in [0.15, 0.2) is 6.29 Å². The van der Waals surface area contributed by atoms with E-state index < -0.39 is 24.1 Å². The van der Waals surface area contributed by atoms with Crippen molar-refractivity contribution in [3.63, 3.8) is 0 Å². The molecule has 1 amide bonds. The Hall–Kier alpha value is -2.62. The van der Waals surface area contributed by atoms with Crippen LogP contribution >= 0.6 is 23.2 Å². The Morgan fingerprint density at radius 3 is 2.31 bits per heavy atom. The van der Waals surface area contributed by atoms with Crippen LogP contribution in [0.4, 0.5) is 18.9 Å². The van der Waals surface area contributed by atoms with E-state index >= 15 is 0 Å². The number of para-hydroxylation sites is 1. The summed E-state index contributed by atoms with van der Waals surface area (Å²) >= 11 is 12.1. The molecule has 2 heterocycles. The quantitative estimate of drug-likeness (QED) is 0.491. The zero-order valence-electron chi connectivity index (χ0n) is 16.5. The number of nitrogens with one attached hydrogen (secondary N) is 1. The zero-order chi connectivity index (χ0) is 23.0. The van der Waals surface area contributed by atoms with Gasteiger partial charge >= 0.3 is 6.18 Å². The Morgan fingerprint density at radius 2 is 1.72 bits per heavy atom. The van der Waals surface area contributed by atoms with Crippen LogP contribution in [-0.4, -0.2) is 39.7 Å². The first-order chi connectivity index (χ1) is 15.2. The molecule has 0 bridgehead atoms. The first kappa shape index (κ1) is 22.6. The molecule has 4 rings (SSSR count). The average molecular weight is 485 g/mol. The molecule has 6 nitrogen and oxygen atoms in total. The molecule has 1 aliphatic heterocycles. The molecule has 2 aromatic carbocycles. The van der Waals surface area contributed by atoms with Gasteiger partial charge in [-0.3, -0.25) is 19.1 Å². The number of aldehydes is 1. The maximum Gasteiger partial charge on any atom is 0.449 e. The van der Waals surface area contributed by atoms with Crippen LogP contribution in [-0.2, 0) is 11.0 Å². The van der Waals surface area contributed by atoms with E-state index in [2.05, 4.69) is 10.3 Å². The number of anilines is 1. The molecule has 0 spiro atoms. The SMILES string of the molecule is O=CC(N1CCCC1)n1c(C(F)(F)F)nc2c(NC(=O)c3c(Cl)cccc3Cl)cccc21. The van der Waals surface area contributed by atoms with Crippen LogP contribution in [0.3, 0.4) is 0 Å². The number of aromatic nitrogens is 2. The number of carbonyl (C=O) groups excluding carboxylic acids is 2. The summed E-state index contributed by atoms with van der Waals surface area (Å²) in [4.78, 5) is 30.1. The van der Waals surface area contributed by atoms with E-state index in [4.69, 9.17) is 23.2 Å². The number of halogens is 5. The lowest BCUT2D eigenvalue weighted by Gasteiger charge is -2.26. The van der Waals surface area contributed by atoms with Crippen molar-refractivity contribution in [2.45, 2.75) is 25.2 Å². The molecule has 168 valence electrons. The van der Waals surface area contributed by atoms with Gasteiger partial charge in [-0.1, -0.05) is 35.3 Å². The number of amides is 1. The average Bonchev–Trinajstić information content (AvgIpc) is 3.38. The van der Waals surface area contributed by atoms with Gasteiger partial charge in [-0.25, -0.2) is 4.98 Å². The normalized spacial score (nSPS) is 15.8. The standard InChI is InChI=1S/C21H17Cl2F3N4O2/c22-12-5-3-6-13(23)17(12)19(32)27-14-7-4-8-15-18(14)28-20(21(24,25)26)30(15)16(11-31)29-9-1-2-10-29/h3-8,11,16H,1-2,9-10H2,(H,27,32). The van der Waals surface area contributed by atoms with Crippen LogP contribution in [0, 0.1) is 0 Å². The van der Waals surface area contributed by atoms with E-state index in [0.717, 1.165) is 17.4 Å². The van der Waals surface area contributed by atoms with Crippen molar-refractivity contribution in [2.24, 2.45) is 0 Å². The number of imidazole rings is 1. The highest BCUT2D eigenvalue weighted by Gasteiger charge is 2.41. The Balaban J connectivity index is 1.83. The highest BCUT2D eigenvalue weighted by Crippen LogP contribution is 2.37. The molecule has 1 fully saturated rings. The van der Waals surface area contributed by atoms with Crippen molar-refractivity contribution in [1.82, 2.24) is 14.5 Å². The number of fused-ring (bicyclic) bond motifs is 1. The number of benzene rings is 2. The van der Waals surface area contributed by atoms with Gasteiger partial charge in [-0.05, 0) is 37.1 Å². The predicted octanol–water partition coefficient (Wildman–Crippen LogP) is 5.41. The fraction of sp³-hybridized carbons (Fsp3) is 0.286. The summed E-state index contributed by atoms with van der Waals surface area (Å²) in [5, 5.41) is 2.74. The first-order valence-corrected chi connectivity index (χ1v) is 10.5. The predicted molar refractivity (Wildman–Crippen MR) is 115 cm³/mol. The zero-order valence-corrected chi connectivity index (χ0v) is 18.0. The van der Waals surface area contributed by atoms with Crippen LogP contribution in [0.1, 0.15) is 35.2 Å². The van der Waals surface area contributed by atoms with Crippen molar-refractivity contribution in [3.8, 4) is 0 Å². The third kappa shape index (κ3) is 4.07. The smallest absolute Gasteiger partial charge is 0.320 e. The van der Waals surface area contributed by atoms with Gasteiger partial charge in [0.25, 0.3) is 5.91 Å². The van der Waals surface area contributed by atoms with E-state index in [1.807, 2.05) is 0 Å². The maximum absolute atomic E-state index is 13.9. The molecule has 0 aliphatic carbocycles. The van der Waals surface area contributed by atoms with Gasteiger partial charge in [-0.15, -0.1) is 0 Å². The van der Waals surface area contributed by atoms with E-state index in [0.29, 0.717) is 19.4 Å². The summed E-state index contributed by atoms with van der Waals surface area (Å²) in [7, 11) is 0.